The minimum Gasteiger partial charge on any atom is -0.463 e. The van der Waals surface area contributed by atoms with Gasteiger partial charge in [-0.05, 0) is 80.4 Å². The number of hydrogen-bond acceptors (Lipinski definition) is 3. The Morgan fingerprint density at radius 2 is 1.91 bits per heavy atom. The molecule has 2 aliphatic heterocycles. The van der Waals surface area contributed by atoms with Gasteiger partial charge >= 0.3 is 5.97 Å². The second-order valence-electron chi connectivity index (χ2n) is 6.87. The Morgan fingerprint density at radius 3 is 2.52 bits per heavy atom. The van der Waals surface area contributed by atoms with Crippen LogP contribution < -0.4 is 0 Å². The summed E-state index contributed by atoms with van der Waals surface area (Å²) in [6, 6.07) is 9.59. The molecule has 0 amide bonds. The van der Waals surface area contributed by atoms with Crippen molar-refractivity contribution in [3.63, 3.8) is 0 Å². The van der Waals surface area contributed by atoms with Crippen molar-refractivity contribution in [2.24, 2.45) is 5.92 Å². The van der Waals surface area contributed by atoms with Gasteiger partial charge in [0.1, 0.15) is 0 Å². The highest BCUT2D eigenvalue weighted by atomic mass is 127. The lowest BCUT2D eigenvalue weighted by molar-refractivity contribution is -0.157. The molecule has 4 atom stereocenters. The summed E-state index contributed by atoms with van der Waals surface area (Å²) in [5.41, 5.74) is 1.29. The highest BCUT2D eigenvalue weighted by Gasteiger charge is 2.49. The Hall–Kier alpha value is -0.330. The first-order chi connectivity index (χ1) is 10.5. The third kappa shape index (κ3) is 3.85. The lowest BCUT2D eigenvalue weighted by Gasteiger charge is -2.42. The highest BCUT2D eigenvalue weighted by Crippen LogP contribution is 2.46. The lowest BCUT2D eigenvalue weighted by Crippen LogP contribution is -2.49. The standard InChI is InChI=1S/C18H24INO2.ClH/c1-11(2)22-18(21)17-15(12-4-6-13(19)7-5-12)10-14-8-9-16(17)20(14)3;/h4-7,11,14-17H,8-10H2,1-3H3;1H/t14-,15-,16?,17?;/m1./s1. The second-order valence-corrected chi connectivity index (χ2v) is 8.11. The number of nitrogens with zero attached hydrogens (tertiary/aromatic N) is 1. The number of ether oxygens (including phenoxy) is 1. The molecule has 0 aliphatic carbocycles. The Balaban J connectivity index is 0.00000192. The second kappa shape index (κ2) is 7.70. The van der Waals surface area contributed by atoms with Gasteiger partial charge in [-0.2, -0.15) is 0 Å². The van der Waals surface area contributed by atoms with Crippen molar-refractivity contribution in [3.8, 4) is 0 Å². The van der Waals surface area contributed by atoms with E-state index < -0.39 is 0 Å². The average Bonchev–Trinajstić information content (AvgIpc) is 2.71. The zero-order valence-electron chi connectivity index (χ0n) is 13.9. The minimum atomic E-state index is -0.0469. The van der Waals surface area contributed by atoms with E-state index in [4.69, 9.17) is 4.74 Å². The summed E-state index contributed by atoms with van der Waals surface area (Å²) in [7, 11) is 2.17. The van der Waals surface area contributed by atoms with Gasteiger partial charge < -0.3 is 4.74 Å². The van der Waals surface area contributed by atoms with Crippen molar-refractivity contribution in [2.45, 2.75) is 57.2 Å². The smallest absolute Gasteiger partial charge is 0.311 e. The van der Waals surface area contributed by atoms with E-state index in [0.29, 0.717) is 12.1 Å². The fourth-order valence-corrected chi connectivity index (χ4v) is 4.51. The SMILES string of the molecule is CC(C)OC(=O)C1C2CC[C@H](C[C@@H]1c1ccc(I)cc1)N2C.Cl. The van der Waals surface area contributed by atoms with Crippen LogP contribution in [-0.2, 0) is 9.53 Å². The van der Waals surface area contributed by atoms with Gasteiger partial charge in [-0.1, -0.05) is 12.1 Å². The van der Waals surface area contributed by atoms with E-state index in [1.165, 1.54) is 15.6 Å². The maximum absolute atomic E-state index is 12.7. The first-order valence-corrected chi connectivity index (χ1v) is 9.23. The molecular formula is C18H25ClINO2. The van der Waals surface area contributed by atoms with Crippen LogP contribution >= 0.6 is 35.0 Å². The van der Waals surface area contributed by atoms with Gasteiger partial charge in [0, 0.05) is 21.6 Å². The van der Waals surface area contributed by atoms with Crippen molar-refractivity contribution in [1.29, 1.82) is 0 Å². The number of carbonyl (C=O) groups excluding carboxylic acids is 1. The first kappa shape index (κ1) is 19.0. The Bertz CT molecular complexity index is 548. The van der Waals surface area contributed by atoms with E-state index in [9.17, 15) is 4.79 Å². The Labute approximate surface area is 158 Å². The zero-order valence-corrected chi connectivity index (χ0v) is 16.8. The fourth-order valence-electron chi connectivity index (χ4n) is 4.15. The van der Waals surface area contributed by atoms with Crippen LogP contribution in [0.25, 0.3) is 0 Å². The van der Waals surface area contributed by atoms with Gasteiger partial charge in [0.05, 0.1) is 12.0 Å². The van der Waals surface area contributed by atoms with Gasteiger partial charge in [0.15, 0.2) is 0 Å². The summed E-state index contributed by atoms with van der Waals surface area (Å²) in [4.78, 5) is 15.2. The van der Waals surface area contributed by atoms with Crippen LogP contribution in [-0.4, -0.2) is 36.1 Å². The van der Waals surface area contributed by atoms with Crippen LogP contribution in [0.2, 0.25) is 0 Å². The van der Waals surface area contributed by atoms with Crippen molar-refractivity contribution >= 4 is 41.0 Å². The summed E-state index contributed by atoms with van der Waals surface area (Å²) in [5.74, 6) is 0.235. The van der Waals surface area contributed by atoms with Crippen LogP contribution in [0.5, 0.6) is 0 Å². The van der Waals surface area contributed by atoms with Crippen molar-refractivity contribution < 1.29 is 9.53 Å². The molecule has 2 heterocycles. The molecule has 1 aromatic rings. The Morgan fingerprint density at radius 1 is 1.26 bits per heavy atom. The first-order valence-electron chi connectivity index (χ1n) is 8.15. The highest BCUT2D eigenvalue weighted by molar-refractivity contribution is 14.1. The van der Waals surface area contributed by atoms with E-state index in [2.05, 4.69) is 58.8 Å². The number of benzene rings is 1. The van der Waals surface area contributed by atoms with Gasteiger partial charge in [-0.15, -0.1) is 12.4 Å². The molecule has 2 fully saturated rings. The zero-order chi connectivity index (χ0) is 15.9. The third-order valence-electron chi connectivity index (χ3n) is 5.19. The number of halogens is 2. The number of carbonyl (C=O) groups is 1. The quantitative estimate of drug-likeness (QED) is 0.511. The third-order valence-corrected chi connectivity index (χ3v) is 5.91. The lowest BCUT2D eigenvalue weighted by atomic mass is 9.76. The van der Waals surface area contributed by atoms with Crippen molar-refractivity contribution in [3.05, 3.63) is 33.4 Å². The number of esters is 1. The topological polar surface area (TPSA) is 29.5 Å². The molecule has 3 nitrogen and oxygen atoms in total. The number of hydrogen-bond donors (Lipinski definition) is 0. The Kier molecular flexibility index (Phi) is 6.36. The average molecular weight is 450 g/mol. The molecule has 2 bridgehead atoms. The molecule has 0 spiro atoms. The molecule has 0 radical (unpaired) electrons. The molecule has 0 N–H and O–H groups in total. The van der Waals surface area contributed by atoms with Crippen molar-refractivity contribution in [1.82, 2.24) is 4.90 Å². The van der Waals surface area contributed by atoms with Crippen LogP contribution in [0.3, 0.4) is 0 Å². The minimum absolute atomic E-state index is 0. The molecule has 128 valence electrons. The van der Waals surface area contributed by atoms with Gasteiger partial charge in [0.2, 0.25) is 0 Å². The molecule has 1 aromatic carbocycles. The fraction of sp³-hybridized carbons (Fsp3) is 0.611. The summed E-state index contributed by atoms with van der Waals surface area (Å²) in [6.07, 6.45) is 3.33. The van der Waals surface area contributed by atoms with Gasteiger partial charge in [0.25, 0.3) is 0 Å². The number of rotatable bonds is 3. The van der Waals surface area contributed by atoms with Crippen molar-refractivity contribution in [2.75, 3.05) is 7.05 Å². The summed E-state index contributed by atoms with van der Waals surface area (Å²) < 4.78 is 6.83. The summed E-state index contributed by atoms with van der Waals surface area (Å²) in [6.45, 7) is 3.86. The molecule has 23 heavy (non-hydrogen) atoms. The van der Waals surface area contributed by atoms with E-state index in [0.717, 1.165) is 12.8 Å². The van der Waals surface area contributed by atoms with E-state index in [-0.39, 0.29) is 36.3 Å². The molecule has 5 heteroatoms. The van der Waals surface area contributed by atoms with E-state index in [1.807, 2.05) is 13.8 Å². The number of piperidine rings is 1. The molecular weight excluding hydrogens is 425 g/mol. The summed E-state index contributed by atoms with van der Waals surface area (Å²) >= 11 is 2.33. The molecule has 2 aliphatic rings. The predicted octanol–water partition coefficient (Wildman–Crippen LogP) is 4.23. The molecule has 0 aromatic heterocycles. The van der Waals surface area contributed by atoms with Crippen LogP contribution in [0, 0.1) is 9.49 Å². The van der Waals surface area contributed by atoms with E-state index in [1.54, 1.807) is 0 Å². The molecule has 2 unspecified atom stereocenters. The maximum Gasteiger partial charge on any atom is 0.311 e. The largest absolute Gasteiger partial charge is 0.463 e. The monoisotopic (exact) mass is 449 g/mol. The predicted molar refractivity (Wildman–Crippen MR) is 103 cm³/mol. The summed E-state index contributed by atoms with van der Waals surface area (Å²) in [5, 5.41) is 0. The normalized spacial score (nSPS) is 30.1. The van der Waals surface area contributed by atoms with Crippen LogP contribution in [0.4, 0.5) is 0 Å². The van der Waals surface area contributed by atoms with Gasteiger partial charge in [-0.25, -0.2) is 0 Å². The number of fused-ring (bicyclic) bond motifs is 2. The molecule has 3 rings (SSSR count). The molecule has 0 saturated carbocycles. The van der Waals surface area contributed by atoms with E-state index >= 15 is 0 Å². The van der Waals surface area contributed by atoms with Crippen LogP contribution in [0.15, 0.2) is 24.3 Å². The molecule has 2 saturated heterocycles. The maximum atomic E-state index is 12.7. The van der Waals surface area contributed by atoms with Crippen LogP contribution in [0.1, 0.15) is 44.6 Å². The van der Waals surface area contributed by atoms with Gasteiger partial charge in [-0.3, -0.25) is 9.69 Å².